The Kier molecular flexibility index (Phi) is 4.85. The van der Waals surface area contributed by atoms with Gasteiger partial charge < -0.3 is 15.3 Å². The molecule has 2 heterocycles. The van der Waals surface area contributed by atoms with E-state index in [4.69, 9.17) is 0 Å². The molecule has 3 rings (SSSR count). The van der Waals surface area contributed by atoms with E-state index in [9.17, 15) is 9.90 Å². The molecule has 1 unspecified atom stereocenters. The van der Waals surface area contributed by atoms with Gasteiger partial charge in [-0.3, -0.25) is 4.68 Å². The average molecular weight is 328 g/mol. The van der Waals surface area contributed by atoms with Crippen LogP contribution in [0.3, 0.4) is 0 Å². The minimum Gasteiger partial charge on any atom is -0.391 e. The molecule has 2 amide bonds. The highest BCUT2D eigenvalue weighted by atomic mass is 16.3. The number of carbonyl (C=O) groups is 1. The molecule has 0 saturated carbocycles. The lowest BCUT2D eigenvalue weighted by Gasteiger charge is -2.33. The minimum absolute atomic E-state index is 0.0914. The van der Waals surface area contributed by atoms with E-state index in [2.05, 4.69) is 29.5 Å². The maximum Gasteiger partial charge on any atom is 0.322 e. The number of hydrogen-bond acceptors (Lipinski definition) is 3. The molecule has 0 aliphatic carbocycles. The zero-order chi connectivity index (χ0) is 17.1. The van der Waals surface area contributed by atoms with E-state index >= 15 is 0 Å². The normalized spacial score (nSPS) is 22.2. The van der Waals surface area contributed by atoms with Gasteiger partial charge in [0, 0.05) is 19.3 Å². The summed E-state index contributed by atoms with van der Waals surface area (Å²) in [5.74, 6) is 0.306. The summed E-state index contributed by atoms with van der Waals surface area (Å²) in [5, 5.41) is 17.1. The van der Waals surface area contributed by atoms with Crippen LogP contribution in [-0.2, 0) is 0 Å². The maximum absolute atomic E-state index is 12.4. The fourth-order valence-electron chi connectivity index (χ4n) is 3.19. The first-order valence-electron chi connectivity index (χ1n) is 8.36. The van der Waals surface area contributed by atoms with Gasteiger partial charge >= 0.3 is 6.03 Å². The SMILES string of the molecule is CC(c1ccccc1)n1cc(NC(=O)N2C[C@H](C)C[C@H](O)C2)cn1. The number of amides is 2. The molecule has 24 heavy (non-hydrogen) atoms. The number of aliphatic hydroxyl groups is 1. The Balaban J connectivity index is 1.64. The van der Waals surface area contributed by atoms with Gasteiger partial charge in [0.1, 0.15) is 0 Å². The summed E-state index contributed by atoms with van der Waals surface area (Å²) in [4.78, 5) is 14.0. The monoisotopic (exact) mass is 328 g/mol. The van der Waals surface area contributed by atoms with Gasteiger partial charge in [-0.2, -0.15) is 5.10 Å². The van der Waals surface area contributed by atoms with Crippen LogP contribution in [-0.4, -0.2) is 45.0 Å². The maximum atomic E-state index is 12.4. The molecule has 6 nitrogen and oxygen atoms in total. The van der Waals surface area contributed by atoms with E-state index in [1.807, 2.05) is 36.0 Å². The molecule has 128 valence electrons. The van der Waals surface area contributed by atoms with E-state index in [1.165, 1.54) is 0 Å². The summed E-state index contributed by atoms with van der Waals surface area (Å²) >= 11 is 0. The molecule has 0 bridgehead atoms. The van der Waals surface area contributed by atoms with Crippen LogP contribution in [0, 0.1) is 5.92 Å². The van der Waals surface area contributed by atoms with Gasteiger partial charge in [0.15, 0.2) is 0 Å². The zero-order valence-electron chi connectivity index (χ0n) is 14.1. The summed E-state index contributed by atoms with van der Waals surface area (Å²) in [7, 11) is 0. The van der Waals surface area contributed by atoms with Crippen LogP contribution < -0.4 is 5.32 Å². The highest BCUT2D eigenvalue weighted by Crippen LogP contribution is 2.20. The topological polar surface area (TPSA) is 70.4 Å². The van der Waals surface area contributed by atoms with Crippen LogP contribution in [0.15, 0.2) is 42.7 Å². The van der Waals surface area contributed by atoms with E-state index in [-0.39, 0.29) is 12.1 Å². The van der Waals surface area contributed by atoms with Crippen molar-refractivity contribution in [2.24, 2.45) is 5.92 Å². The molecule has 3 atom stereocenters. The third-order valence-corrected chi connectivity index (χ3v) is 4.46. The predicted octanol–water partition coefficient (Wildman–Crippen LogP) is 2.73. The molecule has 1 saturated heterocycles. The predicted molar refractivity (Wildman–Crippen MR) is 92.9 cm³/mol. The van der Waals surface area contributed by atoms with Gasteiger partial charge in [-0.25, -0.2) is 4.79 Å². The second kappa shape index (κ2) is 7.05. The molecule has 1 aliphatic rings. The lowest BCUT2D eigenvalue weighted by molar-refractivity contribution is 0.0640. The Bertz CT molecular complexity index is 675. The number of piperidine rings is 1. The molecule has 1 aliphatic heterocycles. The fourth-order valence-corrected chi connectivity index (χ4v) is 3.19. The summed E-state index contributed by atoms with van der Waals surface area (Å²) in [6, 6.07) is 10.0. The van der Waals surface area contributed by atoms with Crippen LogP contribution in [0.2, 0.25) is 0 Å². The van der Waals surface area contributed by atoms with Crippen LogP contribution in [0.1, 0.15) is 31.9 Å². The number of β-amino-alcohol motifs (C(OH)–C–C–N with tert-alkyl or cyclic N) is 1. The Morgan fingerprint density at radius 1 is 1.33 bits per heavy atom. The Morgan fingerprint density at radius 2 is 2.08 bits per heavy atom. The molecule has 2 N–H and O–H groups in total. The van der Waals surface area contributed by atoms with E-state index in [0.29, 0.717) is 24.7 Å². The summed E-state index contributed by atoms with van der Waals surface area (Å²) in [5.41, 5.74) is 1.82. The summed E-state index contributed by atoms with van der Waals surface area (Å²) in [6.07, 6.45) is 3.79. The summed E-state index contributed by atoms with van der Waals surface area (Å²) < 4.78 is 1.83. The second-order valence-electron chi connectivity index (χ2n) is 6.63. The molecule has 6 heteroatoms. The first-order chi connectivity index (χ1) is 11.5. The van der Waals surface area contributed by atoms with Gasteiger partial charge in [-0.1, -0.05) is 37.3 Å². The number of aromatic nitrogens is 2. The van der Waals surface area contributed by atoms with E-state index in [0.717, 1.165) is 12.0 Å². The third kappa shape index (κ3) is 3.76. The second-order valence-corrected chi connectivity index (χ2v) is 6.63. The van der Waals surface area contributed by atoms with Crippen LogP contribution in [0.4, 0.5) is 10.5 Å². The van der Waals surface area contributed by atoms with Crippen molar-refractivity contribution < 1.29 is 9.90 Å². The lowest BCUT2D eigenvalue weighted by Crippen LogP contribution is -2.47. The van der Waals surface area contributed by atoms with Crippen molar-refractivity contribution in [1.29, 1.82) is 0 Å². The Morgan fingerprint density at radius 3 is 2.79 bits per heavy atom. The van der Waals surface area contributed by atoms with Gasteiger partial charge in [-0.15, -0.1) is 0 Å². The van der Waals surface area contributed by atoms with Crippen molar-refractivity contribution in [3.8, 4) is 0 Å². The third-order valence-electron chi connectivity index (χ3n) is 4.46. The number of anilines is 1. The Labute approximate surface area is 142 Å². The fraction of sp³-hybridized carbons (Fsp3) is 0.444. The lowest BCUT2D eigenvalue weighted by atomic mass is 9.98. The smallest absolute Gasteiger partial charge is 0.322 e. The average Bonchev–Trinajstić information content (AvgIpc) is 3.02. The Hall–Kier alpha value is -2.34. The van der Waals surface area contributed by atoms with Crippen molar-refractivity contribution in [3.05, 3.63) is 48.3 Å². The number of urea groups is 1. The van der Waals surface area contributed by atoms with Crippen molar-refractivity contribution in [2.45, 2.75) is 32.4 Å². The number of likely N-dealkylation sites (tertiary alicyclic amines) is 1. The van der Waals surface area contributed by atoms with Crippen LogP contribution >= 0.6 is 0 Å². The van der Waals surface area contributed by atoms with Crippen molar-refractivity contribution in [3.63, 3.8) is 0 Å². The van der Waals surface area contributed by atoms with Crippen molar-refractivity contribution >= 4 is 11.7 Å². The molecule has 1 aromatic carbocycles. The van der Waals surface area contributed by atoms with Crippen molar-refractivity contribution in [2.75, 3.05) is 18.4 Å². The number of nitrogens with zero attached hydrogens (tertiary/aromatic N) is 3. The number of benzene rings is 1. The zero-order valence-corrected chi connectivity index (χ0v) is 14.1. The highest BCUT2D eigenvalue weighted by Gasteiger charge is 2.26. The summed E-state index contributed by atoms with van der Waals surface area (Å²) in [6.45, 7) is 5.15. The van der Waals surface area contributed by atoms with Crippen molar-refractivity contribution in [1.82, 2.24) is 14.7 Å². The molecule has 0 spiro atoms. The molecular weight excluding hydrogens is 304 g/mol. The molecule has 0 radical (unpaired) electrons. The standard InChI is InChI=1S/C18H24N4O2/c1-13-8-17(23)12-21(10-13)18(24)20-16-9-19-22(11-16)14(2)15-6-4-3-5-7-15/h3-7,9,11,13-14,17,23H,8,10,12H2,1-2H3,(H,20,24)/t13-,14?,17+/m1/s1. The van der Waals surface area contributed by atoms with Gasteiger partial charge in [-0.05, 0) is 24.8 Å². The number of nitrogens with one attached hydrogen (secondary N) is 1. The quantitative estimate of drug-likeness (QED) is 0.910. The largest absolute Gasteiger partial charge is 0.391 e. The number of carbonyl (C=O) groups excluding carboxylic acids is 1. The van der Waals surface area contributed by atoms with E-state index in [1.54, 1.807) is 11.1 Å². The molecular formula is C18H24N4O2. The molecule has 1 aromatic heterocycles. The van der Waals surface area contributed by atoms with Gasteiger partial charge in [0.05, 0.1) is 24.0 Å². The number of aliphatic hydroxyl groups excluding tert-OH is 1. The van der Waals surface area contributed by atoms with E-state index < -0.39 is 6.10 Å². The molecule has 2 aromatic rings. The number of rotatable bonds is 3. The minimum atomic E-state index is -0.444. The first-order valence-corrected chi connectivity index (χ1v) is 8.36. The van der Waals surface area contributed by atoms with Gasteiger partial charge in [0.2, 0.25) is 0 Å². The first kappa shape index (κ1) is 16.5. The molecule has 1 fully saturated rings. The van der Waals surface area contributed by atoms with Crippen LogP contribution in [0.25, 0.3) is 0 Å². The van der Waals surface area contributed by atoms with Gasteiger partial charge in [0.25, 0.3) is 0 Å². The van der Waals surface area contributed by atoms with Crippen LogP contribution in [0.5, 0.6) is 0 Å². The number of hydrogen-bond donors (Lipinski definition) is 2. The highest BCUT2D eigenvalue weighted by molar-refractivity contribution is 5.89.